The molecule has 0 radical (unpaired) electrons. The molecule has 0 spiro atoms. The van der Waals surface area contributed by atoms with Gasteiger partial charge in [0.1, 0.15) is 5.75 Å². The summed E-state index contributed by atoms with van der Waals surface area (Å²) in [6.07, 6.45) is 0. The highest BCUT2D eigenvalue weighted by Crippen LogP contribution is 2.30. The molecule has 31 heavy (non-hydrogen) atoms. The number of amides is 2. The maximum Gasteiger partial charge on any atom is 0.257 e. The molecule has 0 atom stereocenters. The summed E-state index contributed by atoms with van der Waals surface area (Å²) in [6.45, 7) is 4.40. The number of rotatable bonds is 6. The predicted molar refractivity (Wildman–Crippen MR) is 124 cm³/mol. The number of hydrogen-bond donors (Lipinski definition) is 2. The van der Waals surface area contributed by atoms with Gasteiger partial charge in [0.15, 0.2) is 5.13 Å². The van der Waals surface area contributed by atoms with E-state index in [0.717, 1.165) is 21.5 Å². The Morgan fingerprint density at radius 1 is 0.935 bits per heavy atom. The maximum absolute atomic E-state index is 12.8. The molecule has 0 aliphatic carbocycles. The number of fused-ring (bicyclic) bond motifs is 1. The average molecular weight is 432 g/mol. The largest absolute Gasteiger partial charge is 0.494 e. The zero-order chi connectivity index (χ0) is 21.8. The molecule has 0 aliphatic heterocycles. The third kappa shape index (κ3) is 4.73. The van der Waals surface area contributed by atoms with E-state index >= 15 is 0 Å². The standard InChI is InChI=1S/C24H21N3O3S/c1-3-30-18-11-12-19-21(14-18)31-24(26-19)27-23(29)17-10-9-15(2)20(13-17)25-22(28)16-7-5-4-6-8-16/h4-14H,3H2,1-2H3,(H,25,28)(H,26,27,29). The van der Waals surface area contributed by atoms with E-state index in [2.05, 4.69) is 15.6 Å². The van der Waals surface area contributed by atoms with Gasteiger partial charge in [0, 0.05) is 16.8 Å². The molecule has 4 rings (SSSR count). The monoisotopic (exact) mass is 431 g/mol. The van der Waals surface area contributed by atoms with Crippen molar-refractivity contribution in [3.05, 3.63) is 83.4 Å². The molecule has 6 nitrogen and oxygen atoms in total. The minimum absolute atomic E-state index is 0.225. The fourth-order valence-electron chi connectivity index (χ4n) is 3.07. The summed E-state index contributed by atoms with van der Waals surface area (Å²) in [5.41, 5.74) is 3.24. The van der Waals surface area contributed by atoms with E-state index in [1.807, 2.05) is 44.2 Å². The van der Waals surface area contributed by atoms with Gasteiger partial charge in [-0.2, -0.15) is 0 Å². The lowest BCUT2D eigenvalue weighted by molar-refractivity contribution is 0.101. The zero-order valence-electron chi connectivity index (χ0n) is 17.1. The van der Waals surface area contributed by atoms with Gasteiger partial charge < -0.3 is 10.1 Å². The molecule has 3 aromatic carbocycles. The Hall–Kier alpha value is -3.71. The first-order valence-electron chi connectivity index (χ1n) is 9.85. The van der Waals surface area contributed by atoms with Crippen molar-refractivity contribution in [1.82, 2.24) is 4.98 Å². The van der Waals surface area contributed by atoms with E-state index in [1.54, 1.807) is 36.4 Å². The van der Waals surface area contributed by atoms with E-state index in [9.17, 15) is 9.59 Å². The molecule has 0 saturated heterocycles. The summed E-state index contributed by atoms with van der Waals surface area (Å²) < 4.78 is 6.45. The van der Waals surface area contributed by atoms with Crippen LogP contribution in [0.1, 0.15) is 33.2 Å². The van der Waals surface area contributed by atoms with Crippen molar-refractivity contribution in [3.63, 3.8) is 0 Å². The second-order valence-electron chi connectivity index (χ2n) is 6.89. The summed E-state index contributed by atoms with van der Waals surface area (Å²) in [7, 11) is 0. The minimum atomic E-state index is -0.292. The fourth-order valence-corrected chi connectivity index (χ4v) is 3.96. The second kappa shape index (κ2) is 8.97. The van der Waals surface area contributed by atoms with E-state index in [-0.39, 0.29) is 11.8 Å². The van der Waals surface area contributed by atoms with Crippen LogP contribution in [0.4, 0.5) is 10.8 Å². The van der Waals surface area contributed by atoms with Crippen LogP contribution in [0.3, 0.4) is 0 Å². The third-order valence-corrected chi connectivity index (χ3v) is 5.61. The summed E-state index contributed by atoms with van der Waals surface area (Å²) in [6, 6.07) is 19.8. The van der Waals surface area contributed by atoms with Gasteiger partial charge >= 0.3 is 0 Å². The predicted octanol–water partition coefficient (Wildman–Crippen LogP) is 5.51. The first-order chi connectivity index (χ1) is 15.0. The van der Waals surface area contributed by atoms with Crippen LogP contribution in [0, 0.1) is 6.92 Å². The summed E-state index contributed by atoms with van der Waals surface area (Å²) in [5.74, 6) is 0.255. The quantitative estimate of drug-likeness (QED) is 0.422. The van der Waals surface area contributed by atoms with Gasteiger partial charge in [-0.25, -0.2) is 4.98 Å². The number of benzene rings is 3. The summed E-state index contributed by atoms with van der Waals surface area (Å²) in [5, 5.41) is 6.23. The lowest BCUT2D eigenvalue weighted by Gasteiger charge is -2.10. The fraction of sp³-hybridized carbons (Fsp3) is 0.125. The SMILES string of the molecule is CCOc1ccc2nc(NC(=O)c3ccc(C)c(NC(=O)c4ccccc4)c3)sc2c1. The molecule has 4 aromatic rings. The van der Waals surface area contributed by atoms with Crippen LogP contribution < -0.4 is 15.4 Å². The second-order valence-corrected chi connectivity index (χ2v) is 7.92. The van der Waals surface area contributed by atoms with Gasteiger partial charge in [0.2, 0.25) is 0 Å². The molecular weight excluding hydrogens is 410 g/mol. The molecule has 156 valence electrons. The van der Waals surface area contributed by atoms with Crippen LogP contribution in [0.2, 0.25) is 0 Å². The van der Waals surface area contributed by atoms with Gasteiger partial charge in [-0.15, -0.1) is 0 Å². The first-order valence-corrected chi connectivity index (χ1v) is 10.7. The Balaban J connectivity index is 1.51. The summed E-state index contributed by atoms with van der Waals surface area (Å²) in [4.78, 5) is 29.7. The third-order valence-electron chi connectivity index (χ3n) is 4.68. The Morgan fingerprint density at radius 2 is 1.71 bits per heavy atom. The van der Waals surface area contributed by atoms with Crippen LogP contribution in [-0.2, 0) is 0 Å². The van der Waals surface area contributed by atoms with E-state index in [0.29, 0.717) is 28.6 Å². The zero-order valence-corrected chi connectivity index (χ0v) is 18.0. The van der Waals surface area contributed by atoms with E-state index < -0.39 is 0 Å². The van der Waals surface area contributed by atoms with Crippen LogP contribution in [0.25, 0.3) is 10.2 Å². The molecular formula is C24H21N3O3S. The number of nitrogens with zero attached hydrogens (tertiary/aromatic N) is 1. The highest BCUT2D eigenvalue weighted by atomic mass is 32.1. The number of carbonyl (C=O) groups is 2. The van der Waals surface area contributed by atoms with Crippen molar-refractivity contribution >= 4 is 44.2 Å². The first kappa shape index (κ1) is 20.6. The Kier molecular flexibility index (Phi) is 5.95. The molecule has 1 heterocycles. The van der Waals surface area contributed by atoms with Crippen molar-refractivity contribution in [2.75, 3.05) is 17.2 Å². The number of anilines is 2. The molecule has 7 heteroatoms. The Morgan fingerprint density at radius 3 is 2.48 bits per heavy atom. The molecule has 0 aliphatic rings. The maximum atomic E-state index is 12.8. The molecule has 0 saturated carbocycles. The Bertz CT molecular complexity index is 1250. The van der Waals surface area contributed by atoms with Crippen LogP contribution in [0.5, 0.6) is 5.75 Å². The number of aryl methyl sites for hydroxylation is 1. The van der Waals surface area contributed by atoms with Gasteiger partial charge in [-0.05, 0) is 61.9 Å². The topological polar surface area (TPSA) is 80.3 Å². The minimum Gasteiger partial charge on any atom is -0.494 e. The molecule has 2 amide bonds. The molecule has 0 bridgehead atoms. The molecule has 1 aromatic heterocycles. The lowest BCUT2D eigenvalue weighted by atomic mass is 10.1. The lowest BCUT2D eigenvalue weighted by Crippen LogP contribution is -2.15. The van der Waals surface area contributed by atoms with Crippen molar-refractivity contribution in [1.29, 1.82) is 0 Å². The number of ether oxygens (including phenoxy) is 1. The highest BCUT2D eigenvalue weighted by molar-refractivity contribution is 7.22. The van der Waals surface area contributed by atoms with Gasteiger partial charge in [-0.3, -0.25) is 14.9 Å². The van der Waals surface area contributed by atoms with Crippen LogP contribution in [-0.4, -0.2) is 23.4 Å². The number of nitrogens with one attached hydrogen (secondary N) is 2. The molecule has 0 fully saturated rings. The Labute approximate surface area is 183 Å². The summed E-state index contributed by atoms with van der Waals surface area (Å²) >= 11 is 1.38. The van der Waals surface area contributed by atoms with Crippen LogP contribution >= 0.6 is 11.3 Å². The van der Waals surface area contributed by atoms with Gasteiger partial charge in [0.25, 0.3) is 11.8 Å². The van der Waals surface area contributed by atoms with Gasteiger partial charge in [0.05, 0.1) is 16.8 Å². The van der Waals surface area contributed by atoms with Crippen molar-refractivity contribution in [2.45, 2.75) is 13.8 Å². The van der Waals surface area contributed by atoms with Crippen molar-refractivity contribution in [2.24, 2.45) is 0 Å². The highest BCUT2D eigenvalue weighted by Gasteiger charge is 2.14. The van der Waals surface area contributed by atoms with Crippen LogP contribution in [0.15, 0.2) is 66.7 Å². The number of thiazole rings is 1. The number of carbonyl (C=O) groups excluding carboxylic acids is 2. The van der Waals surface area contributed by atoms with Crippen molar-refractivity contribution < 1.29 is 14.3 Å². The molecule has 2 N–H and O–H groups in total. The number of hydrogen-bond acceptors (Lipinski definition) is 5. The average Bonchev–Trinajstić information content (AvgIpc) is 3.17. The van der Waals surface area contributed by atoms with Crippen molar-refractivity contribution in [3.8, 4) is 5.75 Å². The van der Waals surface area contributed by atoms with Gasteiger partial charge in [-0.1, -0.05) is 35.6 Å². The normalized spacial score (nSPS) is 10.6. The molecule has 0 unspecified atom stereocenters. The van der Waals surface area contributed by atoms with E-state index in [4.69, 9.17) is 4.74 Å². The number of aromatic nitrogens is 1. The van der Waals surface area contributed by atoms with E-state index in [1.165, 1.54) is 11.3 Å². The smallest absolute Gasteiger partial charge is 0.257 e.